The summed E-state index contributed by atoms with van der Waals surface area (Å²) in [4.78, 5) is 16.6. The van der Waals surface area contributed by atoms with E-state index in [4.69, 9.17) is 5.11 Å². The summed E-state index contributed by atoms with van der Waals surface area (Å²) in [5, 5.41) is 10.7. The monoisotopic (exact) mass is 320 g/mol. The largest absolute Gasteiger partial charge is 0.481 e. The number of carbonyl (C=O) groups is 1. The van der Waals surface area contributed by atoms with Crippen LogP contribution in [0.25, 0.3) is 4.96 Å². The molecular weight excluding hydrogens is 308 g/mol. The van der Waals surface area contributed by atoms with Crippen molar-refractivity contribution in [1.29, 1.82) is 0 Å². The minimum absolute atomic E-state index is 0.0236. The van der Waals surface area contributed by atoms with Crippen molar-refractivity contribution >= 4 is 33.1 Å². The molecule has 5 nitrogen and oxygen atoms in total. The molecule has 0 aliphatic carbocycles. The van der Waals surface area contributed by atoms with Gasteiger partial charge in [0.25, 0.3) is 0 Å². The number of fused-ring (bicyclic) bond motifs is 1. The first-order chi connectivity index (χ1) is 10.1. The van der Waals surface area contributed by atoms with Crippen LogP contribution in [-0.4, -0.2) is 24.7 Å². The standard InChI is InChI=1S/C14H12N2O3S2/c17-13(18)7-10-1-3-12(4-2-10)21(19)9-11-8-16-5-6-20-14(16)15-11/h1-6,8H,7,9H2,(H,17,18). The summed E-state index contributed by atoms with van der Waals surface area (Å²) in [5.74, 6) is -0.519. The molecule has 21 heavy (non-hydrogen) atoms. The van der Waals surface area contributed by atoms with E-state index in [0.29, 0.717) is 16.2 Å². The van der Waals surface area contributed by atoms with Gasteiger partial charge in [-0.2, -0.15) is 0 Å². The lowest BCUT2D eigenvalue weighted by Gasteiger charge is -2.02. The van der Waals surface area contributed by atoms with Crippen LogP contribution in [0.2, 0.25) is 0 Å². The summed E-state index contributed by atoms with van der Waals surface area (Å²) in [6.45, 7) is 0. The molecule has 1 unspecified atom stereocenters. The lowest BCUT2D eigenvalue weighted by molar-refractivity contribution is -0.136. The molecular formula is C14H12N2O3S2. The van der Waals surface area contributed by atoms with Crippen molar-refractivity contribution in [2.24, 2.45) is 0 Å². The summed E-state index contributed by atoms with van der Waals surface area (Å²) in [7, 11) is -1.18. The summed E-state index contributed by atoms with van der Waals surface area (Å²) in [5.41, 5.74) is 1.49. The smallest absolute Gasteiger partial charge is 0.307 e. The Labute approximate surface area is 127 Å². The Bertz CT molecular complexity index is 777. The van der Waals surface area contributed by atoms with Gasteiger partial charge in [-0.25, -0.2) is 4.98 Å². The van der Waals surface area contributed by atoms with Crippen LogP contribution in [0, 0.1) is 0 Å². The van der Waals surface area contributed by atoms with Gasteiger partial charge >= 0.3 is 5.97 Å². The number of hydrogen-bond donors (Lipinski definition) is 1. The Hall–Kier alpha value is -1.99. The second-order valence-electron chi connectivity index (χ2n) is 4.53. The molecule has 1 aromatic carbocycles. The van der Waals surface area contributed by atoms with E-state index in [1.165, 1.54) is 11.3 Å². The first-order valence-corrected chi connectivity index (χ1v) is 8.42. The van der Waals surface area contributed by atoms with Crippen molar-refractivity contribution in [1.82, 2.24) is 9.38 Å². The minimum atomic E-state index is -1.18. The fraction of sp³-hybridized carbons (Fsp3) is 0.143. The average Bonchev–Trinajstić information content (AvgIpc) is 2.99. The summed E-state index contributed by atoms with van der Waals surface area (Å²) >= 11 is 1.54. The van der Waals surface area contributed by atoms with Crippen molar-refractivity contribution < 1.29 is 14.1 Å². The molecule has 0 amide bonds. The molecule has 1 atom stereocenters. The minimum Gasteiger partial charge on any atom is -0.481 e. The summed E-state index contributed by atoms with van der Waals surface area (Å²) in [6.07, 6.45) is 3.77. The molecule has 0 aliphatic heterocycles. The maximum absolute atomic E-state index is 12.3. The zero-order valence-corrected chi connectivity index (χ0v) is 12.6. The van der Waals surface area contributed by atoms with E-state index >= 15 is 0 Å². The molecule has 2 heterocycles. The van der Waals surface area contributed by atoms with Gasteiger partial charge in [-0.1, -0.05) is 12.1 Å². The molecule has 3 aromatic rings. The quantitative estimate of drug-likeness (QED) is 0.783. The predicted octanol–water partition coefficient (Wildman–Crippen LogP) is 2.33. The molecule has 108 valence electrons. The molecule has 0 saturated carbocycles. The van der Waals surface area contributed by atoms with Crippen LogP contribution in [0.1, 0.15) is 11.3 Å². The molecule has 0 aliphatic rings. The molecule has 0 bridgehead atoms. The highest BCUT2D eigenvalue weighted by Gasteiger charge is 2.10. The third-order valence-electron chi connectivity index (χ3n) is 2.96. The summed E-state index contributed by atoms with van der Waals surface area (Å²) < 4.78 is 14.2. The van der Waals surface area contributed by atoms with Crippen LogP contribution in [-0.2, 0) is 27.8 Å². The van der Waals surface area contributed by atoms with Gasteiger partial charge in [0.2, 0.25) is 0 Å². The fourth-order valence-electron chi connectivity index (χ4n) is 2.00. The lowest BCUT2D eigenvalue weighted by atomic mass is 10.2. The number of imidazole rings is 1. The molecule has 2 aromatic heterocycles. The van der Waals surface area contributed by atoms with Crippen molar-refractivity contribution in [2.75, 3.05) is 0 Å². The third kappa shape index (κ3) is 3.20. The van der Waals surface area contributed by atoms with Crippen LogP contribution >= 0.6 is 11.3 Å². The molecule has 1 N–H and O–H groups in total. The van der Waals surface area contributed by atoms with Crippen molar-refractivity contribution in [3.8, 4) is 0 Å². The Balaban J connectivity index is 1.72. The van der Waals surface area contributed by atoms with Crippen LogP contribution in [0.4, 0.5) is 0 Å². The molecule has 0 fully saturated rings. The van der Waals surface area contributed by atoms with E-state index in [1.807, 2.05) is 22.2 Å². The lowest BCUT2D eigenvalue weighted by Crippen LogP contribution is -2.01. The first kappa shape index (κ1) is 14.0. The third-order valence-corrected chi connectivity index (χ3v) is 5.09. The number of hydrogen-bond acceptors (Lipinski definition) is 4. The zero-order chi connectivity index (χ0) is 14.8. The van der Waals surface area contributed by atoms with Crippen molar-refractivity contribution in [2.45, 2.75) is 17.1 Å². The molecule has 3 rings (SSSR count). The Morgan fingerprint density at radius 1 is 1.33 bits per heavy atom. The van der Waals surface area contributed by atoms with Crippen LogP contribution < -0.4 is 0 Å². The van der Waals surface area contributed by atoms with E-state index in [2.05, 4.69) is 4.98 Å². The van der Waals surface area contributed by atoms with Gasteiger partial charge in [-0.05, 0) is 17.7 Å². The van der Waals surface area contributed by atoms with Gasteiger partial charge in [-0.15, -0.1) is 11.3 Å². The maximum atomic E-state index is 12.3. The van der Waals surface area contributed by atoms with Gasteiger partial charge in [0.1, 0.15) is 0 Å². The van der Waals surface area contributed by atoms with E-state index < -0.39 is 16.8 Å². The highest BCUT2D eigenvalue weighted by atomic mass is 32.2. The molecule has 0 saturated heterocycles. The van der Waals surface area contributed by atoms with Gasteiger partial charge < -0.3 is 5.11 Å². The Morgan fingerprint density at radius 2 is 2.10 bits per heavy atom. The van der Waals surface area contributed by atoms with E-state index in [0.717, 1.165) is 10.7 Å². The number of thiazole rings is 1. The first-order valence-electron chi connectivity index (χ1n) is 6.22. The normalized spacial score (nSPS) is 12.6. The van der Waals surface area contributed by atoms with Gasteiger partial charge in [0.05, 0.1) is 28.7 Å². The summed E-state index contributed by atoms with van der Waals surface area (Å²) in [6, 6.07) is 6.83. The molecule has 7 heteroatoms. The highest BCUT2D eigenvalue weighted by Crippen LogP contribution is 2.16. The topological polar surface area (TPSA) is 71.7 Å². The number of benzene rings is 1. The van der Waals surface area contributed by atoms with Gasteiger partial charge in [0.15, 0.2) is 4.96 Å². The second-order valence-corrected chi connectivity index (χ2v) is 6.85. The number of rotatable bonds is 5. The zero-order valence-electron chi connectivity index (χ0n) is 10.9. The van der Waals surface area contributed by atoms with Gasteiger partial charge in [-0.3, -0.25) is 13.4 Å². The van der Waals surface area contributed by atoms with E-state index in [9.17, 15) is 9.00 Å². The van der Waals surface area contributed by atoms with Crippen LogP contribution in [0.15, 0.2) is 46.9 Å². The maximum Gasteiger partial charge on any atom is 0.307 e. The molecule has 0 spiro atoms. The number of aromatic nitrogens is 2. The fourth-order valence-corrected chi connectivity index (χ4v) is 3.73. The van der Waals surface area contributed by atoms with E-state index in [1.54, 1.807) is 24.3 Å². The second kappa shape index (κ2) is 5.79. The number of carboxylic acid groups (broad SMARTS) is 1. The van der Waals surface area contributed by atoms with Gasteiger partial charge in [0, 0.05) is 22.7 Å². The van der Waals surface area contributed by atoms with E-state index in [-0.39, 0.29) is 6.42 Å². The van der Waals surface area contributed by atoms with Crippen LogP contribution in [0.3, 0.4) is 0 Å². The number of carboxylic acids is 1. The number of nitrogens with zero attached hydrogens (tertiary/aromatic N) is 2. The van der Waals surface area contributed by atoms with Crippen molar-refractivity contribution in [3.63, 3.8) is 0 Å². The molecule has 0 radical (unpaired) electrons. The number of aliphatic carboxylic acids is 1. The Kier molecular flexibility index (Phi) is 3.85. The van der Waals surface area contributed by atoms with Crippen molar-refractivity contribution in [3.05, 3.63) is 53.3 Å². The van der Waals surface area contributed by atoms with Crippen LogP contribution in [0.5, 0.6) is 0 Å². The Morgan fingerprint density at radius 3 is 2.76 bits per heavy atom. The average molecular weight is 320 g/mol. The predicted molar refractivity (Wildman–Crippen MR) is 81.0 cm³/mol. The SMILES string of the molecule is O=C(O)Cc1ccc(S(=O)Cc2cn3ccsc3n2)cc1. The highest BCUT2D eigenvalue weighted by molar-refractivity contribution is 7.84.